The Balaban J connectivity index is 2.41. The highest BCUT2D eigenvalue weighted by atomic mass is 32.2. The number of rotatable bonds is 4. The normalized spacial score (nSPS) is 17.0. The summed E-state index contributed by atoms with van der Waals surface area (Å²) in [5.74, 6) is -0.407. The Bertz CT molecular complexity index is 713. The fourth-order valence-electron chi connectivity index (χ4n) is 2.82. The van der Waals surface area contributed by atoms with Crippen LogP contribution in [0.4, 0.5) is 18.9 Å². The van der Waals surface area contributed by atoms with E-state index in [2.05, 4.69) is 0 Å². The summed E-state index contributed by atoms with van der Waals surface area (Å²) in [6.45, 7) is 2.45. The van der Waals surface area contributed by atoms with Gasteiger partial charge >= 0.3 is 6.18 Å². The second-order valence-corrected chi connectivity index (χ2v) is 7.67. The number of carbonyl (C=O) groups is 1. The van der Waals surface area contributed by atoms with Gasteiger partial charge in [-0.05, 0) is 38.0 Å². The Hall–Kier alpha value is -1.77. The van der Waals surface area contributed by atoms with Crippen LogP contribution in [-0.2, 0) is 21.0 Å². The van der Waals surface area contributed by atoms with Crippen LogP contribution in [0.2, 0.25) is 0 Å². The number of carbonyl (C=O) groups excluding carboxylic acids is 1. The SMILES string of the molecule is C[C@@H](C(=O)N1CCCC1)N(c1cccc(C(F)(F)F)c1)S(C)(=O)=O. The minimum Gasteiger partial charge on any atom is -0.341 e. The maximum Gasteiger partial charge on any atom is 0.416 e. The largest absolute Gasteiger partial charge is 0.416 e. The standard InChI is InChI=1S/C15H19F3N2O3S/c1-11(14(21)19-8-3-4-9-19)20(24(2,22)23)13-7-5-6-12(10-13)15(16,17)18/h5-7,10-11H,3-4,8-9H2,1-2H3/t11-/m0/s1. The zero-order chi connectivity index (χ0) is 18.1. The van der Waals surface area contributed by atoms with Gasteiger partial charge in [0, 0.05) is 13.1 Å². The highest BCUT2D eigenvalue weighted by molar-refractivity contribution is 7.92. The van der Waals surface area contributed by atoms with Crippen molar-refractivity contribution in [3.8, 4) is 0 Å². The van der Waals surface area contributed by atoms with E-state index in [1.165, 1.54) is 17.9 Å². The van der Waals surface area contributed by atoms with E-state index in [-0.39, 0.29) is 5.69 Å². The lowest BCUT2D eigenvalue weighted by atomic mass is 10.1. The molecular weight excluding hydrogens is 345 g/mol. The fourth-order valence-corrected chi connectivity index (χ4v) is 3.98. The van der Waals surface area contributed by atoms with Gasteiger partial charge < -0.3 is 4.90 Å². The molecule has 1 amide bonds. The summed E-state index contributed by atoms with van der Waals surface area (Å²) < 4.78 is 63.7. The maximum atomic E-state index is 12.9. The van der Waals surface area contributed by atoms with Crippen LogP contribution in [0.15, 0.2) is 24.3 Å². The summed E-state index contributed by atoms with van der Waals surface area (Å²) in [4.78, 5) is 14.0. The van der Waals surface area contributed by atoms with Crippen molar-refractivity contribution in [3.63, 3.8) is 0 Å². The summed E-state index contributed by atoms with van der Waals surface area (Å²) in [6, 6.07) is 2.88. The average Bonchev–Trinajstić information content (AvgIpc) is 2.98. The van der Waals surface area contributed by atoms with Crippen LogP contribution in [0.1, 0.15) is 25.3 Å². The van der Waals surface area contributed by atoms with E-state index in [9.17, 15) is 26.4 Å². The van der Waals surface area contributed by atoms with Crippen molar-refractivity contribution >= 4 is 21.6 Å². The van der Waals surface area contributed by atoms with Crippen molar-refractivity contribution in [1.82, 2.24) is 4.90 Å². The van der Waals surface area contributed by atoms with Gasteiger partial charge in [0.05, 0.1) is 17.5 Å². The molecular formula is C15H19F3N2O3S. The molecule has 0 aromatic heterocycles. The third kappa shape index (κ3) is 4.00. The first-order valence-corrected chi connectivity index (χ1v) is 9.32. The van der Waals surface area contributed by atoms with Gasteiger partial charge in [0.15, 0.2) is 0 Å². The second-order valence-electron chi connectivity index (χ2n) is 5.82. The lowest BCUT2D eigenvalue weighted by Gasteiger charge is -2.31. The highest BCUT2D eigenvalue weighted by Gasteiger charge is 2.35. The van der Waals surface area contributed by atoms with Gasteiger partial charge in [0.2, 0.25) is 15.9 Å². The van der Waals surface area contributed by atoms with Crippen LogP contribution in [0.3, 0.4) is 0 Å². The maximum absolute atomic E-state index is 12.9. The monoisotopic (exact) mass is 364 g/mol. The van der Waals surface area contributed by atoms with Crippen molar-refractivity contribution < 1.29 is 26.4 Å². The molecule has 1 aliphatic heterocycles. The number of hydrogen-bond acceptors (Lipinski definition) is 3. The smallest absolute Gasteiger partial charge is 0.341 e. The summed E-state index contributed by atoms with van der Waals surface area (Å²) in [7, 11) is -3.94. The van der Waals surface area contributed by atoms with Gasteiger partial charge in [0.25, 0.3) is 0 Å². The quantitative estimate of drug-likeness (QED) is 0.825. The number of benzene rings is 1. The molecule has 1 atom stereocenters. The number of amides is 1. The van der Waals surface area contributed by atoms with E-state index in [1.54, 1.807) is 0 Å². The van der Waals surface area contributed by atoms with E-state index >= 15 is 0 Å². The molecule has 134 valence electrons. The molecule has 24 heavy (non-hydrogen) atoms. The van der Waals surface area contributed by atoms with Gasteiger partial charge in [-0.1, -0.05) is 6.07 Å². The Morgan fingerprint density at radius 3 is 2.33 bits per heavy atom. The van der Waals surface area contributed by atoms with Crippen LogP contribution in [0.25, 0.3) is 0 Å². The van der Waals surface area contributed by atoms with Gasteiger partial charge in [-0.2, -0.15) is 13.2 Å². The Kier molecular flexibility index (Phi) is 5.12. The molecule has 1 fully saturated rings. The third-order valence-corrected chi connectivity index (χ3v) is 5.15. The average molecular weight is 364 g/mol. The zero-order valence-corrected chi connectivity index (χ0v) is 14.2. The van der Waals surface area contributed by atoms with Crippen LogP contribution < -0.4 is 4.31 Å². The number of halogens is 3. The zero-order valence-electron chi connectivity index (χ0n) is 13.4. The first kappa shape index (κ1) is 18.6. The Labute approximate surface area is 139 Å². The molecule has 1 heterocycles. The third-order valence-electron chi connectivity index (χ3n) is 3.91. The molecule has 1 saturated heterocycles. The summed E-state index contributed by atoms with van der Waals surface area (Å²) in [5, 5.41) is 0. The Morgan fingerprint density at radius 2 is 1.83 bits per heavy atom. The highest BCUT2D eigenvalue weighted by Crippen LogP contribution is 2.33. The van der Waals surface area contributed by atoms with Gasteiger partial charge in [-0.25, -0.2) is 8.42 Å². The van der Waals surface area contributed by atoms with Gasteiger partial charge in [-0.15, -0.1) is 0 Å². The molecule has 0 aliphatic carbocycles. The predicted molar refractivity (Wildman–Crippen MR) is 84.0 cm³/mol. The molecule has 0 radical (unpaired) electrons. The lowest BCUT2D eigenvalue weighted by Crippen LogP contribution is -2.48. The summed E-state index contributed by atoms with van der Waals surface area (Å²) in [5.41, 5.74) is -1.14. The molecule has 9 heteroatoms. The van der Waals surface area contributed by atoms with E-state index in [4.69, 9.17) is 0 Å². The van der Waals surface area contributed by atoms with Crippen molar-refractivity contribution in [3.05, 3.63) is 29.8 Å². The van der Waals surface area contributed by atoms with Crippen LogP contribution in [0.5, 0.6) is 0 Å². The predicted octanol–water partition coefficient (Wildman–Crippen LogP) is 2.48. The molecule has 0 spiro atoms. The molecule has 0 unspecified atom stereocenters. The molecule has 0 bridgehead atoms. The minimum absolute atomic E-state index is 0.174. The summed E-state index contributed by atoms with van der Waals surface area (Å²) in [6.07, 6.45) is -2.05. The van der Waals surface area contributed by atoms with E-state index < -0.39 is 33.7 Å². The van der Waals surface area contributed by atoms with Gasteiger partial charge in [0.1, 0.15) is 6.04 Å². The van der Waals surface area contributed by atoms with E-state index in [0.29, 0.717) is 13.1 Å². The second kappa shape index (κ2) is 6.62. The topological polar surface area (TPSA) is 57.7 Å². The number of hydrogen-bond donors (Lipinski definition) is 0. The van der Waals surface area contributed by atoms with E-state index in [0.717, 1.165) is 41.6 Å². The number of likely N-dealkylation sites (tertiary alicyclic amines) is 1. The van der Waals surface area contributed by atoms with E-state index in [1.807, 2.05) is 0 Å². The first-order chi connectivity index (χ1) is 11.0. The van der Waals surface area contributed by atoms with Crippen LogP contribution in [0, 0.1) is 0 Å². The molecule has 2 rings (SSSR count). The molecule has 1 aliphatic rings. The Morgan fingerprint density at radius 1 is 1.25 bits per heavy atom. The van der Waals surface area contributed by atoms with Crippen LogP contribution in [-0.4, -0.2) is 44.6 Å². The van der Waals surface area contributed by atoms with Crippen molar-refractivity contribution in [2.45, 2.75) is 32.0 Å². The van der Waals surface area contributed by atoms with Crippen molar-refractivity contribution in [2.75, 3.05) is 23.7 Å². The number of nitrogens with zero attached hydrogens (tertiary/aromatic N) is 2. The van der Waals surface area contributed by atoms with Crippen molar-refractivity contribution in [2.24, 2.45) is 0 Å². The molecule has 1 aromatic carbocycles. The number of anilines is 1. The van der Waals surface area contributed by atoms with Crippen LogP contribution >= 0.6 is 0 Å². The number of alkyl halides is 3. The van der Waals surface area contributed by atoms with Crippen molar-refractivity contribution in [1.29, 1.82) is 0 Å². The molecule has 1 aromatic rings. The molecule has 0 saturated carbocycles. The first-order valence-electron chi connectivity index (χ1n) is 7.47. The summed E-state index contributed by atoms with van der Waals surface area (Å²) >= 11 is 0. The number of sulfonamides is 1. The lowest BCUT2D eigenvalue weighted by molar-refractivity contribution is -0.137. The minimum atomic E-state index is -4.60. The molecule has 5 nitrogen and oxygen atoms in total. The van der Waals surface area contributed by atoms with Gasteiger partial charge in [-0.3, -0.25) is 9.10 Å². The fraction of sp³-hybridized carbons (Fsp3) is 0.533. The molecule has 0 N–H and O–H groups in total.